The molecule has 2 rings (SSSR count). The maximum Gasteiger partial charge on any atom is 0.177 e. The van der Waals surface area contributed by atoms with Crippen LogP contribution in [0, 0.1) is 0 Å². The molecule has 0 radical (unpaired) electrons. The summed E-state index contributed by atoms with van der Waals surface area (Å²) in [5.74, 6) is 0. The second-order valence-electron chi connectivity index (χ2n) is 2.76. The first kappa shape index (κ1) is 9.55. The van der Waals surface area contributed by atoms with Gasteiger partial charge in [0.2, 0.25) is 0 Å². The van der Waals surface area contributed by atoms with Crippen molar-refractivity contribution in [2.24, 2.45) is 5.16 Å². The van der Waals surface area contributed by atoms with Crippen LogP contribution in [0.1, 0.15) is 5.56 Å². The molecule has 0 bridgehead atoms. The third-order valence-corrected chi connectivity index (χ3v) is 2.91. The summed E-state index contributed by atoms with van der Waals surface area (Å²) in [5, 5.41) is 12.5. The summed E-state index contributed by atoms with van der Waals surface area (Å²) in [7, 11) is 0. The average Bonchev–Trinajstić information content (AvgIpc) is 2.62. The van der Waals surface area contributed by atoms with Gasteiger partial charge < -0.3 is 10.2 Å². The van der Waals surface area contributed by atoms with E-state index in [0.29, 0.717) is 5.56 Å². The van der Waals surface area contributed by atoms with Crippen molar-refractivity contribution in [1.29, 1.82) is 0 Å². The molecule has 0 aliphatic rings. The van der Waals surface area contributed by atoms with Gasteiger partial charge in [0, 0.05) is 27.1 Å². The Labute approximate surface area is 93.5 Å². The summed E-state index contributed by atoms with van der Waals surface area (Å²) < 4.78 is 0.910. The molecule has 0 atom stereocenters. The first-order valence-electron chi connectivity index (χ1n) is 3.87. The average molecular weight is 274 g/mol. The molecule has 0 aliphatic carbocycles. The van der Waals surface area contributed by atoms with E-state index in [1.165, 1.54) is 0 Å². The molecular weight excluding hydrogens is 267 g/mol. The zero-order chi connectivity index (χ0) is 10.1. The maximum atomic E-state index is 8.58. The smallest absolute Gasteiger partial charge is 0.177 e. The molecule has 5 heteroatoms. The first-order chi connectivity index (χ1) is 6.74. The van der Waals surface area contributed by atoms with Crippen LogP contribution in [0.15, 0.2) is 34.0 Å². The molecule has 0 fully saturated rings. The minimum absolute atomic E-state index is 0.0724. The molecule has 14 heavy (non-hydrogen) atoms. The molecule has 0 saturated carbocycles. The highest BCUT2D eigenvalue weighted by molar-refractivity contribution is 9.10. The Kier molecular flexibility index (Phi) is 2.48. The van der Waals surface area contributed by atoms with E-state index in [1.54, 1.807) is 6.20 Å². The van der Waals surface area contributed by atoms with Gasteiger partial charge in [0.15, 0.2) is 5.17 Å². The number of H-pyrrole nitrogens is 1. The van der Waals surface area contributed by atoms with Crippen molar-refractivity contribution in [1.82, 2.24) is 4.98 Å². The molecule has 1 aromatic heterocycles. The SMILES string of the molecule is ON=C(Cl)c1c[nH]c2cccc(Br)c12. The van der Waals surface area contributed by atoms with Crippen LogP contribution in [0.25, 0.3) is 10.9 Å². The standard InChI is InChI=1S/C9H6BrClN2O/c10-6-2-1-3-7-8(6)5(4-12-7)9(11)13-14/h1-4,12,14H. The van der Waals surface area contributed by atoms with Crippen molar-refractivity contribution in [2.45, 2.75) is 0 Å². The van der Waals surface area contributed by atoms with Crippen molar-refractivity contribution >= 4 is 43.6 Å². The highest BCUT2D eigenvalue weighted by Gasteiger charge is 2.10. The second-order valence-corrected chi connectivity index (χ2v) is 3.97. The summed E-state index contributed by atoms with van der Waals surface area (Å²) in [5.41, 5.74) is 1.62. The largest absolute Gasteiger partial charge is 0.410 e. The minimum Gasteiger partial charge on any atom is -0.410 e. The van der Waals surface area contributed by atoms with E-state index < -0.39 is 0 Å². The van der Waals surface area contributed by atoms with Crippen molar-refractivity contribution in [3.63, 3.8) is 0 Å². The summed E-state index contributed by atoms with van der Waals surface area (Å²) in [6.07, 6.45) is 1.71. The van der Waals surface area contributed by atoms with Gasteiger partial charge in [-0.15, -0.1) is 0 Å². The molecule has 72 valence electrons. The van der Waals surface area contributed by atoms with E-state index in [2.05, 4.69) is 26.1 Å². The maximum absolute atomic E-state index is 8.58. The van der Waals surface area contributed by atoms with Gasteiger partial charge in [-0.25, -0.2) is 0 Å². The minimum atomic E-state index is 0.0724. The number of benzene rings is 1. The molecule has 0 amide bonds. The number of rotatable bonds is 1. The summed E-state index contributed by atoms with van der Waals surface area (Å²) in [6, 6.07) is 5.74. The lowest BCUT2D eigenvalue weighted by molar-refractivity contribution is 0.321. The van der Waals surface area contributed by atoms with E-state index in [4.69, 9.17) is 16.8 Å². The normalized spacial score (nSPS) is 12.3. The number of aromatic amines is 1. The fourth-order valence-electron chi connectivity index (χ4n) is 1.36. The van der Waals surface area contributed by atoms with Gasteiger partial charge in [0.1, 0.15) is 0 Å². The van der Waals surface area contributed by atoms with Crippen molar-refractivity contribution in [2.75, 3.05) is 0 Å². The Morgan fingerprint density at radius 2 is 2.29 bits per heavy atom. The van der Waals surface area contributed by atoms with Gasteiger partial charge in [-0.1, -0.05) is 38.8 Å². The molecule has 3 nitrogen and oxygen atoms in total. The van der Waals surface area contributed by atoms with Gasteiger partial charge in [-0.2, -0.15) is 0 Å². The number of halogens is 2. The molecule has 1 aromatic carbocycles. The summed E-state index contributed by atoms with van der Waals surface area (Å²) >= 11 is 9.15. The number of hydrogen-bond acceptors (Lipinski definition) is 2. The zero-order valence-corrected chi connectivity index (χ0v) is 9.30. The van der Waals surface area contributed by atoms with E-state index in [1.807, 2.05) is 18.2 Å². The number of nitrogens with zero attached hydrogens (tertiary/aromatic N) is 1. The predicted molar refractivity (Wildman–Crippen MR) is 60.2 cm³/mol. The van der Waals surface area contributed by atoms with Crippen LogP contribution in [0.2, 0.25) is 0 Å². The summed E-state index contributed by atoms with van der Waals surface area (Å²) in [4.78, 5) is 3.04. The van der Waals surface area contributed by atoms with Crippen LogP contribution in [0.3, 0.4) is 0 Å². The molecule has 2 N–H and O–H groups in total. The number of hydrogen-bond donors (Lipinski definition) is 2. The third-order valence-electron chi connectivity index (χ3n) is 1.97. The second kappa shape index (κ2) is 3.63. The Balaban J connectivity index is 2.80. The van der Waals surface area contributed by atoms with Gasteiger partial charge in [0.25, 0.3) is 0 Å². The predicted octanol–water partition coefficient (Wildman–Crippen LogP) is 3.31. The van der Waals surface area contributed by atoms with Crippen LogP contribution in [0.4, 0.5) is 0 Å². The van der Waals surface area contributed by atoms with Crippen LogP contribution in [-0.4, -0.2) is 15.4 Å². The lowest BCUT2D eigenvalue weighted by Gasteiger charge is -1.96. The fourth-order valence-corrected chi connectivity index (χ4v) is 2.09. The quantitative estimate of drug-likeness (QED) is 0.467. The lowest BCUT2D eigenvalue weighted by atomic mass is 10.2. The Morgan fingerprint density at radius 3 is 3.00 bits per heavy atom. The van der Waals surface area contributed by atoms with E-state index in [9.17, 15) is 0 Å². The highest BCUT2D eigenvalue weighted by Crippen LogP contribution is 2.27. The van der Waals surface area contributed by atoms with Crippen LogP contribution in [0.5, 0.6) is 0 Å². The number of oxime groups is 1. The molecule has 1 heterocycles. The molecule has 0 unspecified atom stereocenters. The molecule has 0 saturated heterocycles. The Morgan fingerprint density at radius 1 is 1.50 bits per heavy atom. The fraction of sp³-hybridized carbons (Fsp3) is 0. The first-order valence-corrected chi connectivity index (χ1v) is 5.04. The van der Waals surface area contributed by atoms with Crippen molar-refractivity contribution < 1.29 is 5.21 Å². The molecule has 2 aromatic rings. The Bertz CT molecular complexity index is 506. The molecule has 0 aliphatic heterocycles. The van der Waals surface area contributed by atoms with Gasteiger partial charge >= 0.3 is 0 Å². The van der Waals surface area contributed by atoms with Gasteiger partial charge in [-0.3, -0.25) is 0 Å². The van der Waals surface area contributed by atoms with Gasteiger partial charge in [0.05, 0.1) is 0 Å². The summed E-state index contributed by atoms with van der Waals surface area (Å²) in [6.45, 7) is 0. The number of nitrogens with one attached hydrogen (secondary N) is 1. The van der Waals surface area contributed by atoms with Crippen LogP contribution < -0.4 is 0 Å². The molecule has 0 spiro atoms. The van der Waals surface area contributed by atoms with Crippen molar-refractivity contribution in [3.05, 3.63) is 34.4 Å². The van der Waals surface area contributed by atoms with Gasteiger partial charge in [-0.05, 0) is 12.1 Å². The van der Waals surface area contributed by atoms with Crippen LogP contribution in [-0.2, 0) is 0 Å². The van der Waals surface area contributed by atoms with E-state index in [0.717, 1.165) is 15.4 Å². The number of aromatic nitrogens is 1. The monoisotopic (exact) mass is 272 g/mol. The zero-order valence-electron chi connectivity index (χ0n) is 6.96. The number of fused-ring (bicyclic) bond motifs is 1. The van der Waals surface area contributed by atoms with E-state index >= 15 is 0 Å². The topological polar surface area (TPSA) is 48.4 Å². The molecular formula is C9H6BrClN2O. The third kappa shape index (κ3) is 1.40. The highest BCUT2D eigenvalue weighted by atomic mass is 79.9. The van der Waals surface area contributed by atoms with Crippen LogP contribution >= 0.6 is 27.5 Å². The Hall–Kier alpha value is -1.000. The lowest BCUT2D eigenvalue weighted by Crippen LogP contribution is -1.88. The van der Waals surface area contributed by atoms with Crippen molar-refractivity contribution in [3.8, 4) is 0 Å². The van der Waals surface area contributed by atoms with E-state index in [-0.39, 0.29) is 5.17 Å².